The van der Waals surface area contributed by atoms with Gasteiger partial charge < -0.3 is 20.3 Å². The number of ether oxygens (including phenoxy) is 1. The number of nitrogens with zero attached hydrogens (tertiary/aromatic N) is 5. The molecule has 0 amide bonds. The molecule has 0 unspecified atom stereocenters. The van der Waals surface area contributed by atoms with Gasteiger partial charge in [0.25, 0.3) is 0 Å². The highest BCUT2D eigenvalue weighted by Gasteiger charge is 2.26. The molecule has 2 aromatic carbocycles. The van der Waals surface area contributed by atoms with Crippen LogP contribution in [0, 0.1) is 17.5 Å². The number of anilines is 4. The number of benzene rings is 2. The van der Waals surface area contributed by atoms with Gasteiger partial charge in [-0.15, -0.1) is 0 Å². The maximum absolute atomic E-state index is 15.1. The molecule has 8 nitrogen and oxygen atoms in total. The van der Waals surface area contributed by atoms with Crippen LogP contribution in [0.1, 0.15) is 30.5 Å². The van der Waals surface area contributed by atoms with Crippen LogP contribution in [0.5, 0.6) is 0 Å². The van der Waals surface area contributed by atoms with Crippen molar-refractivity contribution in [2.75, 3.05) is 56.2 Å². The molecule has 3 aliphatic heterocycles. The largest absolute Gasteiger partial charge is 0.379 e. The lowest BCUT2D eigenvalue weighted by molar-refractivity contribution is 0.0332. The molecule has 0 saturated carbocycles. The summed E-state index contributed by atoms with van der Waals surface area (Å²) in [5, 5.41) is 6.50. The standard InChI is InChI=1S/C30H36F3N7O/c1-19-15-39(16-20(2)35-19)17-21-3-4-28(27(33)11-21)36-30-34-14-22-5-6-40(29(22)37-30)23-12-25(31)24(26(32)13-23)18-38-7-9-41-10-8-38/h3-4,11-14,19-20,35H,5-10,15-18H2,1-2H3,(H,34,36,37)/t19-,20+. The van der Waals surface area contributed by atoms with Crippen molar-refractivity contribution in [3.05, 3.63) is 70.7 Å². The second-order valence-corrected chi connectivity index (χ2v) is 11.3. The minimum absolute atomic E-state index is 0.0556. The van der Waals surface area contributed by atoms with Gasteiger partial charge in [0.1, 0.15) is 23.3 Å². The topological polar surface area (TPSA) is 68.8 Å². The fraction of sp³-hybridized carbons (Fsp3) is 0.467. The molecular formula is C30H36F3N7O. The van der Waals surface area contributed by atoms with Crippen LogP contribution in [-0.2, 0) is 24.2 Å². The van der Waals surface area contributed by atoms with E-state index in [9.17, 15) is 0 Å². The van der Waals surface area contributed by atoms with Gasteiger partial charge in [0.05, 0.1) is 18.9 Å². The number of halogens is 3. The molecule has 2 N–H and O–H groups in total. The highest BCUT2D eigenvalue weighted by molar-refractivity contribution is 5.68. The first-order chi connectivity index (χ1) is 19.8. The minimum atomic E-state index is -0.584. The van der Waals surface area contributed by atoms with Crippen molar-refractivity contribution in [1.29, 1.82) is 0 Å². The van der Waals surface area contributed by atoms with Crippen molar-refractivity contribution in [2.45, 2.75) is 45.4 Å². The molecule has 0 aliphatic carbocycles. The Hall–Kier alpha value is -3.25. The van der Waals surface area contributed by atoms with Crippen molar-refractivity contribution < 1.29 is 17.9 Å². The number of morpholine rings is 1. The fourth-order valence-corrected chi connectivity index (χ4v) is 6.04. The van der Waals surface area contributed by atoms with Crippen molar-refractivity contribution in [3.63, 3.8) is 0 Å². The summed E-state index contributed by atoms with van der Waals surface area (Å²) in [6, 6.07) is 8.66. The zero-order valence-electron chi connectivity index (χ0n) is 23.5. The molecule has 1 aromatic heterocycles. The second-order valence-electron chi connectivity index (χ2n) is 11.3. The maximum atomic E-state index is 15.1. The SMILES string of the molecule is C[C@@H]1CN(Cc2ccc(Nc3ncc4c(n3)N(c3cc(F)c(CN5CCOCC5)c(F)c3)CC4)c(F)c2)C[C@H](C)N1. The Morgan fingerprint density at radius 1 is 0.927 bits per heavy atom. The number of hydrogen-bond acceptors (Lipinski definition) is 8. The third-order valence-electron chi connectivity index (χ3n) is 7.94. The Bertz CT molecular complexity index is 1370. The minimum Gasteiger partial charge on any atom is -0.379 e. The molecule has 3 aromatic rings. The maximum Gasteiger partial charge on any atom is 0.229 e. The molecule has 41 heavy (non-hydrogen) atoms. The Morgan fingerprint density at radius 3 is 2.37 bits per heavy atom. The summed E-state index contributed by atoms with van der Waals surface area (Å²) in [6.07, 6.45) is 2.32. The lowest BCUT2D eigenvalue weighted by Gasteiger charge is -2.36. The average Bonchev–Trinajstić information content (AvgIpc) is 3.35. The van der Waals surface area contributed by atoms with Crippen LogP contribution < -0.4 is 15.5 Å². The molecule has 2 atom stereocenters. The lowest BCUT2D eigenvalue weighted by atomic mass is 10.1. The van der Waals surface area contributed by atoms with Crippen molar-refractivity contribution in [1.82, 2.24) is 25.1 Å². The van der Waals surface area contributed by atoms with Gasteiger partial charge in [-0.25, -0.2) is 18.2 Å². The number of fused-ring (bicyclic) bond motifs is 1. The number of aromatic nitrogens is 2. The molecule has 2 fully saturated rings. The Morgan fingerprint density at radius 2 is 1.66 bits per heavy atom. The zero-order valence-corrected chi connectivity index (χ0v) is 23.5. The molecule has 2 saturated heterocycles. The summed E-state index contributed by atoms with van der Waals surface area (Å²) >= 11 is 0. The Kier molecular flexibility index (Phi) is 8.12. The van der Waals surface area contributed by atoms with E-state index in [-0.39, 0.29) is 29.6 Å². The van der Waals surface area contributed by atoms with Gasteiger partial charge in [0.2, 0.25) is 5.95 Å². The summed E-state index contributed by atoms with van der Waals surface area (Å²) in [6.45, 7) is 9.94. The molecule has 3 aliphatic rings. The van der Waals surface area contributed by atoms with Gasteiger partial charge in [-0.1, -0.05) is 6.07 Å². The van der Waals surface area contributed by atoms with E-state index in [1.165, 1.54) is 12.1 Å². The summed E-state index contributed by atoms with van der Waals surface area (Å²) in [5.74, 6) is -0.781. The summed E-state index contributed by atoms with van der Waals surface area (Å²) < 4.78 is 50.7. The van der Waals surface area contributed by atoms with Crippen molar-refractivity contribution >= 4 is 23.1 Å². The third kappa shape index (κ3) is 6.33. The van der Waals surface area contributed by atoms with Crippen LogP contribution in [0.15, 0.2) is 36.5 Å². The van der Waals surface area contributed by atoms with E-state index in [0.717, 1.165) is 24.2 Å². The van der Waals surface area contributed by atoms with Crippen LogP contribution >= 0.6 is 0 Å². The normalized spacial score (nSPS) is 21.7. The first-order valence-electron chi connectivity index (χ1n) is 14.3. The van der Waals surface area contributed by atoms with Gasteiger partial charge in [-0.2, -0.15) is 4.98 Å². The van der Waals surface area contributed by atoms with Crippen LogP contribution in [0.3, 0.4) is 0 Å². The molecule has 11 heteroatoms. The van der Waals surface area contributed by atoms with E-state index in [1.54, 1.807) is 23.2 Å². The Labute approximate surface area is 238 Å². The summed E-state index contributed by atoms with van der Waals surface area (Å²) in [5.41, 5.74) is 2.48. The first-order valence-corrected chi connectivity index (χ1v) is 14.3. The monoisotopic (exact) mass is 567 g/mol. The molecule has 4 heterocycles. The van der Waals surface area contributed by atoms with E-state index < -0.39 is 11.6 Å². The van der Waals surface area contributed by atoms with Gasteiger partial charge in [0.15, 0.2) is 0 Å². The van der Waals surface area contributed by atoms with Crippen LogP contribution in [0.25, 0.3) is 0 Å². The molecular weight excluding hydrogens is 531 g/mol. The predicted octanol–water partition coefficient (Wildman–Crippen LogP) is 4.35. The first kappa shape index (κ1) is 27.9. The summed E-state index contributed by atoms with van der Waals surface area (Å²) in [4.78, 5) is 15.1. The van der Waals surface area contributed by atoms with Crippen LogP contribution in [0.4, 0.5) is 36.3 Å². The highest BCUT2D eigenvalue weighted by Crippen LogP contribution is 2.35. The highest BCUT2D eigenvalue weighted by atomic mass is 19.1. The summed E-state index contributed by atoms with van der Waals surface area (Å²) in [7, 11) is 0. The smallest absolute Gasteiger partial charge is 0.229 e. The van der Waals surface area contributed by atoms with Crippen LogP contribution in [0.2, 0.25) is 0 Å². The number of rotatable bonds is 7. The molecule has 0 bridgehead atoms. The second kappa shape index (κ2) is 11.9. The lowest BCUT2D eigenvalue weighted by Crippen LogP contribution is -2.53. The number of piperazine rings is 1. The van der Waals surface area contributed by atoms with E-state index in [1.807, 2.05) is 11.0 Å². The molecule has 218 valence electrons. The average molecular weight is 568 g/mol. The predicted molar refractivity (Wildman–Crippen MR) is 152 cm³/mol. The molecule has 0 radical (unpaired) electrons. The Balaban J connectivity index is 1.16. The zero-order chi connectivity index (χ0) is 28.5. The van der Waals surface area contributed by atoms with Crippen molar-refractivity contribution in [2.24, 2.45) is 0 Å². The number of nitrogens with one attached hydrogen (secondary N) is 2. The van der Waals surface area contributed by atoms with E-state index in [4.69, 9.17) is 4.74 Å². The quantitative estimate of drug-likeness (QED) is 0.437. The molecule has 0 spiro atoms. The van der Waals surface area contributed by atoms with Gasteiger partial charge in [0, 0.05) is 80.9 Å². The number of hydrogen-bond donors (Lipinski definition) is 2. The third-order valence-corrected chi connectivity index (χ3v) is 7.94. The van der Waals surface area contributed by atoms with E-state index in [2.05, 4.69) is 39.3 Å². The van der Waals surface area contributed by atoms with Crippen molar-refractivity contribution in [3.8, 4) is 0 Å². The van der Waals surface area contributed by atoms with E-state index >= 15 is 13.2 Å². The fourth-order valence-electron chi connectivity index (χ4n) is 6.04. The van der Waals surface area contributed by atoms with Gasteiger partial charge >= 0.3 is 0 Å². The van der Waals surface area contributed by atoms with Gasteiger partial charge in [-0.3, -0.25) is 9.80 Å². The van der Waals surface area contributed by atoms with Gasteiger partial charge in [-0.05, 0) is 50.1 Å². The van der Waals surface area contributed by atoms with Crippen LogP contribution in [-0.4, -0.2) is 77.8 Å². The van der Waals surface area contributed by atoms with E-state index in [0.29, 0.717) is 69.4 Å². The molecule has 6 rings (SSSR count).